The molecule has 6 nitrogen and oxygen atoms in total. The second-order valence-electron chi connectivity index (χ2n) is 3.56. The first-order valence-corrected chi connectivity index (χ1v) is 6.40. The van der Waals surface area contributed by atoms with Crippen molar-refractivity contribution in [3.05, 3.63) is 35.9 Å². The molecular weight excluding hydrogens is 259 g/mol. The van der Waals surface area contributed by atoms with Gasteiger partial charge < -0.3 is 9.63 Å². The number of phenolic OH excluding ortho intramolecular Hbond substituents is 1. The molecule has 0 bridgehead atoms. The minimum atomic E-state index is -4.80. The van der Waals surface area contributed by atoms with Crippen LogP contribution >= 0.6 is 7.82 Å². The van der Waals surface area contributed by atoms with Crippen molar-refractivity contribution in [1.82, 2.24) is 0 Å². The van der Waals surface area contributed by atoms with Gasteiger partial charge in [-0.05, 0) is 11.5 Å². The maximum Gasteiger partial charge on any atom is 0.524 e. The standard InChI is InChI=1S/C11H9O6P/c12-6-9-10(17-18(14,15)16)5-7-3-1-2-4-8(7)11(9)13/h1-6,13H,(H2,14,15,16). The lowest BCUT2D eigenvalue weighted by Crippen LogP contribution is -1.95. The number of phosphoric ester groups is 1. The summed E-state index contributed by atoms with van der Waals surface area (Å²) in [4.78, 5) is 28.4. The lowest BCUT2D eigenvalue weighted by Gasteiger charge is -2.12. The van der Waals surface area contributed by atoms with Gasteiger partial charge in [0.05, 0.1) is 5.56 Å². The molecule has 0 aromatic heterocycles. The molecule has 0 saturated heterocycles. The molecule has 0 aliphatic carbocycles. The number of carbonyl (C=O) groups excluding carboxylic acids is 1. The van der Waals surface area contributed by atoms with Crippen molar-refractivity contribution in [2.45, 2.75) is 0 Å². The molecule has 2 rings (SSSR count). The number of fused-ring (bicyclic) bond motifs is 1. The van der Waals surface area contributed by atoms with Crippen molar-refractivity contribution in [3.8, 4) is 11.5 Å². The van der Waals surface area contributed by atoms with Gasteiger partial charge in [0.1, 0.15) is 11.5 Å². The number of hydrogen-bond donors (Lipinski definition) is 3. The lowest BCUT2D eigenvalue weighted by atomic mass is 10.1. The topological polar surface area (TPSA) is 104 Å². The molecule has 3 N–H and O–H groups in total. The molecule has 2 aromatic carbocycles. The zero-order valence-corrected chi connectivity index (χ0v) is 9.87. The average Bonchev–Trinajstić information content (AvgIpc) is 2.27. The maximum atomic E-state index is 10.9. The van der Waals surface area contributed by atoms with Crippen LogP contribution in [0.15, 0.2) is 30.3 Å². The summed E-state index contributed by atoms with van der Waals surface area (Å²) >= 11 is 0. The Bertz CT molecular complexity index is 660. The molecule has 7 heteroatoms. The van der Waals surface area contributed by atoms with Crippen LogP contribution < -0.4 is 4.52 Å². The third-order valence-electron chi connectivity index (χ3n) is 2.36. The predicted molar refractivity (Wildman–Crippen MR) is 63.7 cm³/mol. The van der Waals surface area contributed by atoms with E-state index >= 15 is 0 Å². The van der Waals surface area contributed by atoms with Gasteiger partial charge in [-0.25, -0.2) is 4.57 Å². The van der Waals surface area contributed by atoms with E-state index in [2.05, 4.69) is 4.52 Å². The Morgan fingerprint density at radius 3 is 2.50 bits per heavy atom. The van der Waals surface area contributed by atoms with Gasteiger partial charge in [-0.3, -0.25) is 14.6 Å². The van der Waals surface area contributed by atoms with E-state index in [-0.39, 0.29) is 23.3 Å². The molecule has 0 fully saturated rings. The smallest absolute Gasteiger partial charge is 0.506 e. The van der Waals surface area contributed by atoms with Crippen LogP contribution in [0.2, 0.25) is 0 Å². The molecule has 0 aliphatic rings. The zero-order valence-electron chi connectivity index (χ0n) is 8.98. The van der Waals surface area contributed by atoms with Crippen LogP contribution in [0.4, 0.5) is 0 Å². The number of phenols is 1. The molecule has 0 heterocycles. The van der Waals surface area contributed by atoms with Gasteiger partial charge in [0, 0.05) is 5.39 Å². The average molecular weight is 268 g/mol. The number of rotatable bonds is 3. The number of phosphoric acid groups is 1. The first-order valence-electron chi connectivity index (χ1n) is 4.87. The molecule has 0 saturated carbocycles. The monoisotopic (exact) mass is 268 g/mol. The highest BCUT2D eigenvalue weighted by atomic mass is 31.2. The lowest BCUT2D eigenvalue weighted by molar-refractivity contribution is 0.111. The molecule has 0 amide bonds. The summed E-state index contributed by atoms with van der Waals surface area (Å²) in [6, 6.07) is 7.84. The Hall–Kier alpha value is -1.88. The van der Waals surface area contributed by atoms with Crippen molar-refractivity contribution in [1.29, 1.82) is 0 Å². The van der Waals surface area contributed by atoms with E-state index in [1.807, 2.05) is 0 Å². The van der Waals surface area contributed by atoms with Crippen molar-refractivity contribution in [2.75, 3.05) is 0 Å². The Kier molecular flexibility index (Phi) is 3.09. The van der Waals surface area contributed by atoms with Crippen molar-refractivity contribution in [2.24, 2.45) is 0 Å². The first kappa shape index (κ1) is 12.6. The fourth-order valence-corrected chi connectivity index (χ4v) is 2.04. The van der Waals surface area contributed by atoms with Gasteiger partial charge in [-0.2, -0.15) is 0 Å². The molecular formula is C11H9O6P. The van der Waals surface area contributed by atoms with Gasteiger partial charge in [0.2, 0.25) is 0 Å². The van der Waals surface area contributed by atoms with Crippen LogP contribution in [0.5, 0.6) is 11.5 Å². The summed E-state index contributed by atoms with van der Waals surface area (Å²) in [5.74, 6) is -0.721. The summed E-state index contributed by atoms with van der Waals surface area (Å²) in [6.45, 7) is 0. The Morgan fingerprint density at radius 2 is 1.89 bits per heavy atom. The van der Waals surface area contributed by atoms with Crippen molar-refractivity contribution in [3.63, 3.8) is 0 Å². The Morgan fingerprint density at radius 1 is 1.22 bits per heavy atom. The quantitative estimate of drug-likeness (QED) is 0.579. The van der Waals surface area contributed by atoms with Gasteiger partial charge >= 0.3 is 7.82 Å². The second kappa shape index (κ2) is 4.42. The summed E-state index contributed by atoms with van der Waals surface area (Å²) in [5.41, 5.74) is -0.294. The van der Waals surface area contributed by atoms with Crippen molar-refractivity contribution < 1.29 is 28.8 Å². The van der Waals surface area contributed by atoms with Crippen LogP contribution in [0.1, 0.15) is 10.4 Å². The van der Waals surface area contributed by atoms with Crippen LogP contribution in [0.3, 0.4) is 0 Å². The number of aldehydes is 1. The molecule has 0 unspecified atom stereocenters. The molecule has 0 radical (unpaired) electrons. The molecule has 0 atom stereocenters. The fourth-order valence-electron chi connectivity index (χ4n) is 1.64. The van der Waals surface area contributed by atoms with Gasteiger partial charge in [-0.15, -0.1) is 0 Å². The number of aromatic hydroxyl groups is 1. The normalized spacial score (nSPS) is 11.4. The summed E-state index contributed by atoms with van der Waals surface area (Å²) in [7, 11) is -4.80. The van der Waals surface area contributed by atoms with Gasteiger partial charge in [0.15, 0.2) is 6.29 Å². The minimum Gasteiger partial charge on any atom is -0.506 e. The second-order valence-corrected chi connectivity index (χ2v) is 4.72. The highest BCUT2D eigenvalue weighted by Crippen LogP contribution is 2.43. The Labute approximate surface area is 102 Å². The number of benzene rings is 2. The van der Waals surface area contributed by atoms with Crippen LogP contribution in [-0.2, 0) is 4.57 Å². The third-order valence-corrected chi connectivity index (χ3v) is 2.79. The maximum absolute atomic E-state index is 10.9. The first-order chi connectivity index (χ1) is 8.42. The third kappa shape index (κ3) is 2.36. The molecule has 0 aliphatic heterocycles. The SMILES string of the molecule is O=Cc1c(OP(=O)(O)O)cc2ccccc2c1O. The summed E-state index contributed by atoms with van der Waals surface area (Å²) in [5, 5.41) is 10.8. The van der Waals surface area contributed by atoms with E-state index in [4.69, 9.17) is 9.79 Å². The van der Waals surface area contributed by atoms with E-state index in [9.17, 15) is 14.5 Å². The number of hydrogen-bond acceptors (Lipinski definition) is 4. The molecule has 94 valence electrons. The van der Waals surface area contributed by atoms with Crippen molar-refractivity contribution >= 4 is 24.9 Å². The molecule has 2 aromatic rings. The van der Waals surface area contributed by atoms with Gasteiger partial charge in [0.25, 0.3) is 0 Å². The van der Waals surface area contributed by atoms with E-state index in [0.29, 0.717) is 10.8 Å². The van der Waals surface area contributed by atoms with E-state index in [1.165, 1.54) is 6.07 Å². The van der Waals surface area contributed by atoms with E-state index < -0.39 is 7.82 Å². The number of carbonyl (C=O) groups is 1. The highest BCUT2D eigenvalue weighted by molar-refractivity contribution is 7.46. The minimum absolute atomic E-state index is 0.284. The predicted octanol–water partition coefficient (Wildman–Crippen LogP) is 1.83. The largest absolute Gasteiger partial charge is 0.524 e. The fraction of sp³-hybridized carbons (Fsp3) is 0. The summed E-state index contributed by atoms with van der Waals surface area (Å²) in [6.07, 6.45) is 0.284. The van der Waals surface area contributed by atoms with Crippen LogP contribution in [0.25, 0.3) is 10.8 Å². The molecule has 18 heavy (non-hydrogen) atoms. The van der Waals surface area contributed by atoms with Crippen LogP contribution in [-0.4, -0.2) is 21.2 Å². The summed E-state index contributed by atoms with van der Waals surface area (Å²) < 4.78 is 15.2. The van der Waals surface area contributed by atoms with E-state index in [0.717, 1.165) is 0 Å². The Balaban J connectivity index is 2.73. The molecule has 0 spiro atoms. The highest BCUT2D eigenvalue weighted by Gasteiger charge is 2.21. The van der Waals surface area contributed by atoms with Gasteiger partial charge in [-0.1, -0.05) is 24.3 Å². The van der Waals surface area contributed by atoms with E-state index in [1.54, 1.807) is 24.3 Å². The van der Waals surface area contributed by atoms with Crippen LogP contribution in [0, 0.1) is 0 Å². The zero-order chi connectivity index (χ0) is 13.3.